The van der Waals surface area contributed by atoms with Crippen LogP contribution in [0.5, 0.6) is 0 Å². The molecule has 1 N–H and O–H groups in total. The molecule has 4 nitrogen and oxygen atoms in total. The van der Waals surface area contributed by atoms with Crippen molar-refractivity contribution in [3.63, 3.8) is 0 Å². The lowest BCUT2D eigenvalue weighted by molar-refractivity contribution is -0.131. The number of carboxylic acid groups (broad SMARTS) is 1. The number of para-hydroxylation sites is 1. The lowest BCUT2D eigenvalue weighted by Crippen LogP contribution is -2.12. The highest BCUT2D eigenvalue weighted by Crippen LogP contribution is 2.33. The highest BCUT2D eigenvalue weighted by Gasteiger charge is 2.36. The van der Waals surface area contributed by atoms with E-state index in [2.05, 4.69) is 5.10 Å². The van der Waals surface area contributed by atoms with Gasteiger partial charge in [0.25, 0.3) is 0 Å². The Kier molecular flexibility index (Phi) is 3.60. The molecule has 0 aliphatic carbocycles. The molecule has 7 heteroatoms. The third-order valence-corrected chi connectivity index (χ3v) is 2.49. The maximum absolute atomic E-state index is 12.8. The zero-order valence-electron chi connectivity index (χ0n) is 10.0. The fourth-order valence-electron chi connectivity index (χ4n) is 1.64. The van der Waals surface area contributed by atoms with Gasteiger partial charge in [-0.1, -0.05) is 18.2 Å². The molecule has 20 heavy (non-hydrogen) atoms. The molecule has 0 bridgehead atoms. The number of aliphatic carboxylic acids is 1. The Hall–Kier alpha value is -2.57. The zero-order chi connectivity index (χ0) is 14.8. The second-order valence-electron chi connectivity index (χ2n) is 3.90. The van der Waals surface area contributed by atoms with Crippen LogP contribution in [-0.4, -0.2) is 27.0 Å². The molecule has 0 radical (unpaired) electrons. The third-order valence-electron chi connectivity index (χ3n) is 2.49. The summed E-state index contributed by atoms with van der Waals surface area (Å²) in [5.41, 5.74) is -0.966. The average molecular weight is 282 g/mol. The summed E-state index contributed by atoms with van der Waals surface area (Å²) in [5, 5.41) is 12.3. The van der Waals surface area contributed by atoms with Crippen LogP contribution < -0.4 is 0 Å². The fourth-order valence-corrected chi connectivity index (χ4v) is 1.64. The second-order valence-corrected chi connectivity index (χ2v) is 3.90. The highest BCUT2D eigenvalue weighted by atomic mass is 19.4. The van der Waals surface area contributed by atoms with Crippen LogP contribution >= 0.6 is 0 Å². The largest absolute Gasteiger partial charge is 0.478 e. The normalized spacial score (nSPS) is 12.4. The molecule has 1 aromatic carbocycles. The number of benzene rings is 1. The van der Waals surface area contributed by atoms with Crippen molar-refractivity contribution >= 4 is 11.5 Å². The van der Waals surface area contributed by atoms with E-state index in [0.29, 0.717) is 5.69 Å². The number of carbonyl (C=O) groups is 1. The van der Waals surface area contributed by atoms with Gasteiger partial charge in [-0.05, 0) is 12.1 Å². The number of carboxylic acids is 1. The molecule has 104 valence electrons. The molecule has 0 amide bonds. The van der Waals surface area contributed by atoms with E-state index in [-0.39, 0.29) is 11.6 Å². The summed E-state index contributed by atoms with van der Waals surface area (Å²) in [7, 11) is 0. The molecule has 2 aromatic rings. The van der Waals surface area contributed by atoms with Crippen molar-refractivity contribution in [3.05, 3.63) is 54.4 Å². The van der Waals surface area contributed by atoms with Crippen molar-refractivity contribution < 1.29 is 23.1 Å². The van der Waals surface area contributed by atoms with Gasteiger partial charge in [0.1, 0.15) is 0 Å². The Morgan fingerprint density at radius 2 is 1.90 bits per heavy atom. The van der Waals surface area contributed by atoms with Crippen molar-refractivity contribution in [2.45, 2.75) is 6.18 Å². The minimum atomic E-state index is -4.76. The van der Waals surface area contributed by atoms with Crippen LogP contribution in [0.15, 0.2) is 48.8 Å². The van der Waals surface area contributed by atoms with Gasteiger partial charge in [-0.3, -0.25) is 0 Å². The van der Waals surface area contributed by atoms with Crippen LogP contribution in [0.4, 0.5) is 13.2 Å². The highest BCUT2D eigenvalue weighted by molar-refractivity contribution is 5.91. The number of allylic oxidation sites excluding steroid dienone is 1. The van der Waals surface area contributed by atoms with E-state index < -0.39 is 17.7 Å². The van der Waals surface area contributed by atoms with Gasteiger partial charge in [0.15, 0.2) is 0 Å². The first kappa shape index (κ1) is 13.9. The summed E-state index contributed by atoms with van der Waals surface area (Å²) in [6.45, 7) is 0. The number of aromatic nitrogens is 2. The number of halogens is 3. The fraction of sp³-hybridized carbons (Fsp3) is 0.0769. The quantitative estimate of drug-likeness (QED) is 0.881. The lowest BCUT2D eigenvalue weighted by Gasteiger charge is -2.08. The van der Waals surface area contributed by atoms with E-state index >= 15 is 0 Å². The Morgan fingerprint density at radius 3 is 2.45 bits per heavy atom. The standard InChI is InChI=1S/C13H9F3N2O2/c14-13(15,16)11(6-12(19)20)9-7-17-18(8-9)10-4-2-1-3-5-10/h1-8H,(H,19,20)/b11-6+. The Morgan fingerprint density at radius 1 is 1.25 bits per heavy atom. The Bertz CT molecular complexity index is 645. The van der Waals surface area contributed by atoms with Gasteiger partial charge in [0.05, 0.1) is 17.5 Å². The van der Waals surface area contributed by atoms with Gasteiger partial charge in [0, 0.05) is 17.8 Å². The number of rotatable bonds is 3. The van der Waals surface area contributed by atoms with Crippen molar-refractivity contribution in [1.82, 2.24) is 9.78 Å². The lowest BCUT2D eigenvalue weighted by atomic mass is 10.1. The van der Waals surface area contributed by atoms with Gasteiger partial charge >= 0.3 is 12.1 Å². The number of alkyl halides is 3. The van der Waals surface area contributed by atoms with Crippen molar-refractivity contribution in [1.29, 1.82) is 0 Å². The summed E-state index contributed by atoms with van der Waals surface area (Å²) >= 11 is 0. The van der Waals surface area contributed by atoms with Crippen LogP contribution in [0, 0.1) is 0 Å². The van der Waals surface area contributed by atoms with Crippen LogP contribution in [0.3, 0.4) is 0 Å². The predicted octanol–water partition coefficient (Wildman–Crippen LogP) is 2.90. The average Bonchev–Trinajstić information content (AvgIpc) is 2.84. The minimum Gasteiger partial charge on any atom is -0.478 e. The van der Waals surface area contributed by atoms with E-state index in [0.717, 1.165) is 12.4 Å². The smallest absolute Gasteiger partial charge is 0.417 e. The summed E-state index contributed by atoms with van der Waals surface area (Å²) < 4.78 is 39.7. The SMILES string of the molecule is O=C(O)/C=C(\c1cnn(-c2ccccc2)c1)C(F)(F)F. The summed E-state index contributed by atoms with van der Waals surface area (Å²) in [5.74, 6) is -1.66. The molecule has 0 fully saturated rings. The first-order chi connectivity index (χ1) is 9.38. The van der Waals surface area contributed by atoms with E-state index in [4.69, 9.17) is 5.11 Å². The first-order valence-corrected chi connectivity index (χ1v) is 5.50. The molecule has 0 saturated heterocycles. The zero-order valence-corrected chi connectivity index (χ0v) is 10.0. The molecular formula is C13H9F3N2O2. The topological polar surface area (TPSA) is 55.1 Å². The molecule has 2 rings (SSSR count). The molecule has 0 saturated carbocycles. The van der Waals surface area contributed by atoms with Gasteiger partial charge in [-0.2, -0.15) is 18.3 Å². The summed E-state index contributed by atoms with van der Waals surface area (Å²) in [4.78, 5) is 10.5. The van der Waals surface area contributed by atoms with Crippen LogP contribution in [0.2, 0.25) is 0 Å². The molecule has 1 heterocycles. The van der Waals surface area contributed by atoms with Gasteiger partial charge in [-0.15, -0.1) is 0 Å². The van der Waals surface area contributed by atoms with Crippen LogP contribution in [-0.2, 0) is 4.79 Å². The van der Waals surface area contributed by atoms with Crippen molar-refractivity contribution in [3.8, 4) is 5.69 Å². The number of hydrogen-bond donors (Lipinski definition) is 1. The van der Waals surface area contributed by atoms with Crippen LogP contribution in [0.1, 0.15) is 5.56 Å². The maximum atomic E-state index is 12.8. The molecule has 0 atom stereocenters. The molecule has 0 unspecified atom stereocenters. The summed E-state index contributed by atoms with van der Waals surface area (Å²) in [6, 6.07) is 8.54. The Balaban J connectivity index is 2.43. The monoisotopic (exact) mass is 282 g/mol. The Labute approximate surface area is 111 Å². The van der Waals surface area contributed by atoms with Gasteiger partial charge in [0.2, 0.25) is 0 Å². The molecule has 0 spiro atoms. The minimum absolute atomic E-state index is 0.131. The summed E-state index contributed by atoms with van der Waals surface area (Å²) in [6.07, 6.45) is -2.51. The third kappa shape index (κ3) is 3.05. The van der Waals surface area contributed by atoms with E-state index in [1.54, 1.807) is 30.3 Å². The second kappa shape index (κ2) is 5.20. The van der Waals surface area contributed by atoms with Gasteiger partial charge in [-0.25, -0.2) is 9.48 Å². The molecular weight excluding hydrogens is 273 g/mol. The molecule has 0 aliphatic rings. The van der Waals surface area contributed by atoms with Crippen molar-refractivity contribution in [2.75, 3.05) is 0 Å². The van der Waals surface area contributed by atoms with Crippen LogP contribution in [0.25, 0.3) is 11.3 Å². The molecule has 1 aromatic heterocycles. The van der Waals surface area contributed by atoms with Crippen molar-refractivity contribution in [2.24, 2.45) is 0 Å². The maximum Gasteiger partial charge on any atom is 0.417 e. The van der Waals surface area contributed by atoms with Gasteiger partial charge < -0.3 is 5.11 Å². The van der Waals surface area contributed by atoms with E-state index in [9.17, 15) is 18.0 Å². The first-order valence-electron chi connectivity index (χ1n) is 5.50. The number of hydrogen-bond acceptors (Lipinski definition) is 2. The van der Waals surface area contributed by atoms with E-state index in [1.807, 2.05) is 0 Å². The van der Waals surface area contributed by atoms with E-state index in [1.165, 1.54) is 4.68 Å². The predicted molar refractivity (Wildman–Crippen MR) is 65.2 cm³/mol. The number of nitrogens with zero attached hydrogens (tertiary/aromatic N) is 2. The molecule has 0 aliphatic heterocycles.